The third-order valence-electron chi connectivity index (χ3n) is 11.9. The van der Waals surface area contributed by atoms with E-state index in [1.54, 1.807) is 0 Å². The predicted octanol–water partition coefficient (Wildman–Crippen LogP) is 11.8. The molecule has 0 spiro atoms. The minimum atomic E-state index is -0.0616. The van der Waals surface area contributed by atoms with Crippen molar-refractivity contribution in [1.29, 1.82) is 0 Å². The van der Waals surface area contributed by atoms with E-state index in [4.69, 9.17) is 0 Å². The van der Waals surface area contributed by atoms with Gasteiger partial charge in [0, 0.05) is 5.92 Å². The molecule has 1 fully saturated rings. The summed E-state index contributed by atoms with van der Waals surface area (Å²) < 4.78 is 15.5. The van der Waals surface area contributed by atoms with E-state index < -0.39 is 0 Å². The van der Waals surface area contributed by atoms with Crippen LogP contribution in [0.3, 0.4) is 0 Å². The van der Waals surface area contributed by atoms with Gasteiger partial charge in [0.2, 0.25) is 0 Å². The molecule has 0 heterocycles. The molecule has 0 saturated heterocycles. The minimum Gasteiger partial charge on any atom is -0.206 e. The molecule has 3 aromatic carbocycles. The van der Waals surface area contributed by atoms with Crippen LogP contribution < -0.4 is 0 Å². The lowest BCUT2D eigenvalue weighted by Crippen LogP contribution is -2.08. The van der Waals surface area contributed by atoms with Crippen LogP contribution in [-0.2, 0) is 0 Å². The molecule has 0 radical (unpaired) electrons. The summed E-state index contributed by atoms with van der Waals surface area (Å²) in [6, 6.07) is 0. The maximum Gasteiger partial charge on any atom is 0.129 e. The highest BCUT2D eigenvalue weighted by Gasteiger charge is 2.46. The third-order valence-corrected chi connectivity index (χ3v) is 11.9. The van der Waals surface area contributed by atoms with Crippen LogP contribution in [-0.4, -0.2) is 0 Å². The van der Waals surface area contributed by atoms with Crippen molar-refractivity contribution >= 4 is 11.1 Å². The largest absolute Gasteiger partial charge is 0.206 e. The van der Waals surface area contributed by atoms with Gasteiger partial charge in [-0.1, -0.05) is 6.92 Å². The molecule has 4 rings (SSSR count). The molecule has 42 heavy (non-hydrogen) atoms. The molecule has 2 unspecified atom stereocenters. The molecule has 0 N–H and O–H groups in total. The number of hydrogen-bond donors (Lipinski definition) is 0. The highest BCUT2D eigenvalue weighted by molar-refractivity contribution is 5.92. The summed E-state index contributed by atoms with van der Waals surface area (Å²) in [4.78, 5) is 0. The average Bonchev–Trinajstić information content (AvgIpc) is 3.71. The van der Waals surface area contributed by atoms with Crippen LogP contribution in [0.15, 0.2) is 11.1 Å². The molecule has 0 bridgehead atoms. The monoisotopic (exact) mass is 564 g/mol. The topological polar surface area (TPSA) is 0 Å². The first-order valence-corrected chi connectivity index (χ1v) is 15.7. The Bertz CT molecular complexity index is 1560. The number of rotatable bonds is 4. The van der Waals surface area contributed by atoms with Crippen LogP contribution in [0.25, 0.3) is 11.1 Å². The number of benzene rings is 3. The predicted molar refractivity (Wildman–Crippen MR) is 183 cm³/mol. The second kappa shape index (κ2) is 11.0. The lowest BCUT2D eigenvalue weighted by atomic mass is 9.81. The summed E-state index contributed by atoms with van der Waals surface area (Å²) >= 11 is 0. The van der Waals surface area contributed by atoms with Gasteiger partial charge < -0.3 is 0 Å². The fraction of sp³-hybridized carbons (Fsp3) is 0.463. The Morgan fingerprint density at radius 1 is 0.429 bits per heavy atom. The van der Waals surface area contributed by atoms with Crippen molar-refractivity contribution in [2.24, 2.45) is 5.92 Å². The molecule has 0 nitrogen and oxygen atoms in total. The fourth-order valence-corrected chi connectivity index (χ4v) is 8.19. The van der Waals surface area contributed by atoms with Crippen molar-refractivity contribution in [1.82, 2.24) is 0 Å². The van der Waals surface area contributed by atoms with Crippen molar-refractivity contribution in [2.75, 3.05) is 0 Å². The van der Waals surface area contributed by atoms with E-state index in [0.717, 1.165) is 22.3 Å². The quantitative estimate of drug-likeness (QED) is 0.296. The molecule has 0 amide bonds. The van der Waals surface area contributed by atoms with Gasteiger partial charge in [-0.15, -0.1) is 0 Å². The molecule has 1 saturated carbocycles. The Morgan fingerprint density at radius 3 is 1.10 bits per heavy atom. The summed E-state index contributed by atoms with van der Waals surface area (Å²) in [6.07, 6.45) is 0. The first kappa shape index (κ1) is 32.0. The highest BCUT2D eigenvalue weighted by atomic mass is 19.1. The Hall–Kier alpha value is -2.93. The van der Waals surface area contributed by atoms with Gasteiger partial charge >= 0.3 is 0 Å². The van der Waals surface area contributed by atoms with E-state index in [0.29, 0.717) is 11.8 Å². The molecule has 0 aliphatic heterocycles. The van der Waals surface area contributed by atoms with Crippen molar-refractivity contribution in [3.05, 3.63) is 112 Å². The fourth-order valence-electron chi connectivity index (χ4n) is 8.19. The van der Waals surface area contributed by atoms with E-state index in [2.05, 4.69) is 104 Å². The standard InChI is InChI=1S/C41H53F/c1-18-20(3)25(8)35(26(9)21(18)4)31(14)38-39(32(15)36-27(10)22(5)19(2)23(6)28(36)11)40(38)33(16)37-29(12)24(7)30(13)41(42)34(37)17/h31,38H,1-17H3/b39-32+,40-33-. The van der Waals surface area contributed by atoms with E-state index in [1.165, 1.54) is 94.6 Å². The van der Waals surface area contributed by atoms with Crippen LogP contribution >= 0.6 is 0 Å². The SMILES string of the molecule is C/C(=C1/C(=C(\C)c2c(C)c(C)c(C)c(C)c2C)C1C(C)c1c(C)c(C)c(C)c(C)c1C)c1c(C)c(C)c(C)c(F)c1C. The Kier molecular flexibility index (Phi) is 8.35. The van der Waals surface area contributed by atoms with E-state index in [1.807, 2.05) is 13.8 Å². The smallest absolute Gasteiger partial charge is 0.129 e. The van der Waals surface area contributed by atoms with E-state index in [9.17, 15) is 0 Å². The summed E-state index contributed by atoms with van der Waals surface area (Å²) in [5.41, 5.74) is 27.3. The number of allylic oxidation sites excluding steroid dienone is 4. The molecule has 224 valence electrons. The van der Waals surface area contributed by atoms with Gasteiger partial charge in [-0.05, 0) is 234 Å². The van der Waals surface area contributed by atoms with Gasteiger partial charge in [-0.25, -0.2) is 4.39 Å². The average molecular weight is 565 g/mol. The van der Waals surface area contributed by atoms with Crippen LogP contribution in [0.1, 0.15) is 121 Å². The Morgan fingerprint density at radius 2 is 0.714 bits per heavy atom. The van der Waals surface area contributed by atoms with Gasteiger partial charge in [0.15, 0.2) is 0 Å². The van der Waals surface area contributed by atoms with Gasteiger partial charge in [-0.3, -0.25) is 0 Å². The molecule has 0 aromatic heterocycles. The van der Waals surface area contributed by atoms with Crippen LogP contribution in [0, 0.1) is 109 Å². The molecule has 3 aromatic rings. The first-order valence-electron chi connectivity index (χ1n) is 15.7. The van der Waals surface area contributed by atoms with Gasteiger partial charge in [0.25, 0.3) is 0 Å². The summed E-state index contributed by atoms with van der Waals surface area (Å²) in [5, 5.41) is 0. The third kappa shape index (κ3) is 4.54. The van der Waals surface area contributed by atoms with Crippen molar-refractivity contribution in [3.63, 3.8) is 0 Å². The highest BCUT2D eigenvalue weighted by Crippen LogP contribution is 2.61. The number of halogens is 1. The Labute approximate surface area is 256 Å². The van der Waals surface area contributed by atoms with E-state index in [-0.39, 0.29) is 5.82 Å². The second-order valence-electron chi connectivity index (χ2n) is 13.6. The Balaban J connectivity index is 2.11. The number of hydrogen-bond acceptors (Lipinski definition) is 0. The van der Waals surface area contributed by atoms with Crippen molar-refractivity contribution in [3.8, 4) is 0 Å². The molecule has 1 heteroatoms. The maximum atomic E-state index is 15.5. The zero-order valence-electron chi connectivity index (χ0n) is 29.5. The van der Waals surface area contributed by atoms with Gasteiger partial charge in [0.05, 0.1) is 0 Å². The van der Waals surface area contributed by atoms with Gasteiger partial charge in [0.1, 0.15) is 5.82 Å². The second-order valence-corrected chi connectivity index (χ2v) is 13.6. The maximum absolute atomic E-state index is 15.5. The van der Waals surface area contributed by atoms with Crippen molar-refractivity contribution in [2.45, 2.75) is 124 Å². The van der Waals surface area contributed by atoms with Crippen LogP contribution in [0.2, 0.25) is 0 Å². The minimum absolute atomic E-state index is 0.0616. The molecular formula is C41H53F. The first-order chi connectivity index (χ1) is 19.4. The lowest BCUT2D eigenvalue weighted by Gasteiger charge is -2.23. The molecular weight excluding hydrogens is 511 g/mol. The zero-order chi connectivity index (χ0) is 31.9. The van der Waals surface area contributed by atoms with Crippen LogP contribution in [0.5, 0.6) is 0 Å². The van der Waals surface area contributed by atoms with Gasteiger partial charge in [-0.2, -0.15) is 0 Å². The summed E-state index contributed by atoms with van der Waals surface area (Å²) in [7, 11) is 0. The molecule has 1 aliphatic rings. The van der Waals surface area contributed by atoms with E-state index >= 15 is 4.39 Å². The normalized spacial score (nSPS) is 18.0. The summed E-state index contributed by atoms with van der Waals surface area (Å²) in [6.45, 7) is 37.9. The zero-order valence-corrected chi connectivity index (χ0v) is 29.5. The van der Waals surface area contributed by atoms with Crippen LogP contribution in [0.4, 0.5) is 4.39 Å². The lowest BCUT2D eigenvalue weighted by molar-refractivity contribution is 0.606. The summed E-state index contributed by atoms with van der Waals surface area (Å²) in [5.74, 6) is 0.560. The molecule has 2 atom stereocenters. The molecule has 1 aliphatic carbocycles. The van der Waals surface area contributed by atoms with Crippen molar-refractivity contribution < 1.29 is 4.39 Å².